The molecule has 158 valence electrons. The zero-order valence-corrected chi connectivity index (χ0v) is 17.2. The monoisotopic (exact) mass is 409 g/mol. The summed E-state index contributed by atoms with van der Waals surface area (Å²) in [6.45, 7) is 4.11. The quantitative estimate of drug-likeness (QED) is 0.472. The number of hydrogen-bond acceptors (Lipinski definition) is 4. The molecule has 0 saturated carbocycles. The maximum Gasteiger partial charge on any atom is 0.279 e. The van der Waals surface area contributed by atoms with Gasteiger partial charge in [0.2, 0.25) is 5.91 Å². The molecule has 0 spiro atoms. The van der Waals surface area contributed by atoms with Crippen LogP contribution in [0.2, 0.25) is 0 Å². The topological polar surface area (TPSA) is 92.4 Å². The third-order valence-corrected chi connectivity index (χ3v) is 4.67. The first-order valence-corrected chi connectivity index (χ1v) is 10.1. The van der Waals surface area contributed by atoms with Gasteiger partial charge in [0, 0.05) is 23.5 Å². The molecule has 0 bridgehead atoms. The van der Waals surface area contributed by atoms with Gasteiger partial charge in [-0.1, -0.05) is 18.2 Å². The molecule has 0 saturated heterocycles. The van der Waals surface area contributed by atoms with Crippen molar-refractivity contribution in [1.82, 2.24) is 15.8 Å². The van der Waals surface area contributed by atoms with E-state index in [1.807, 2.05) is 31.3 Å². The van der Waals surface area contributed by atoms with Gasteiger partial charge < -0.3 is 14.5 Å². The van der Waals surface area contributed by atoms with Crippen LogP contribution in [-0.2, 0) is 16.0 Å². The third-order valence-electron chi connectivity index (χ3n) is 4.67. The number of para-hydroxylation sites is 1. The number of benzene rings is 2. The number of nitrogens with one attached hydrogen (secondary N) is 3. The second kappa shape index (κ2) is 10.3. The molecular weight excluding hydrogens is 382 g/mol. The van der Waals surface area contributed by atoms with E-state index in [9.17, 15) is 9.59 Å². The molecule has 1 atom stereocenters. The maximum atomic E-state index is 12.1. The first kappa shape index (κ1) is 21.2. The lowest BCUT2D eigenvalue weighted by molar-refractivity contribution is -0.132. The van der Waals surface area contributed by atoms with Crippen molar-refractivity contribution >= 4 is 22.7 Å². The van der Waals surface area contributed by atoms with Crippen LogP contribution < -0.4 is 20.3 Å². The highest BCUT2D eigenvalue weighted by Gasteiger charge is 2.15. The van der Waals surface area contributed by atoms with Crippen molar-refractivity contribution in [2.45, 2.75) is 39.2 Å². The van der Waals surface area contributed by atoms with Crippen LogP contribution in [0.1, 0.15) is 32.3 Å². The van der Waals surface area contributed by atoms with E-state index in [0.29, 0.717) is 25.2 Å². The van der Waals surface area contributed by atoms with E-state index in [1.54, 1.807) is 31.2 Å². The standard InChI is InChI=1S/C23H27N3O4/c1-3-29-18-11-13-19(14-12-18)30-16(2)23(28)26-25-22(27)10-6-7-17-15-24-21-9-5-4-8-20(17)21/h4-5,8-9,11-16,24H,3,6-7,10H2,1-2H3,(H,25,27)(H,26,28). The predicted octanol–water partition coefficient (Wildman–Crippen LogP) is 3.50. The largest absolute Gasteiger partial charge is 0.494 e. The van der Waals surface area contributed by atoms with Crippen LogP contribution in [0.4, 0.5) is 0 Å². The van der Waals surface area contributed by atoms with Crippen LogP contribution in [0, 0.1) is 0 Å². The molecular formula is C23H27N3O4. The van der Waals surface area contributed by atoms with E-state index in [-0.39, 0.29) is 5.91 Å². The van der Waals surface area contributed by atoms with Gasteiger partial charge in [-0.15, -0.1) is 0 Å². The number of hydrogen-bond donors (Lipinski definition) is 3. The van der Waals surface area contributed by atoms with Gasteiger partial charge in [-0.05, 0) is 62.6 Å². The van der Waals surface area contributed by atoms with Crippen LogP contribution in [-0.4, -0.2) is 29.5 Å². The number of aromatic amines is 1. The number of rotatable bonds is 9. The van der Waals surface area contributed by atoms with Crippen molar-refractivity contribution in [3.05, 3.63) is 60.3 Å². The highest BCUT2D eigenvalue weighted by Crippen LogP contribution is 2.20. The van der Waals surface area contributed by atoms with Crippen molar-refractivity contribution in [2.75, 3.05) is 6.61 Å². The van der Waals surface area contributed by atoms with E-state index >= 15 is 0 Å². The zero-order chi connectivity index (χ0) is 21.3. The van der Waals surface area contributed by atoms with Crippen molar-refractivity contribution in [2.24, 2.45) is 0 Å². The molecule has 1 unspecified atom stereocenters. The van der Waals surface area contributed by atoms with Crippen LogP contribution in [0.25, 0.3) is 10.9 Å². The second-order valence-electron chi connectivity index (χ2n) is 6.91. The molecule has 2 aromatic carbocycles. The molecule has 1 aromatic heterocycles. The summed E-state index contributed by atoms with van der Waals surface area (Å²) in [6.07, 6.45) is 3.00. The smallest absolute Gasteiger partial charge is 0.279 e. The average molecular weight is 409 g/mol. The normalized spacial score (nSPS) is 11.7. The van der Waals surface area contributed by atoms with Crippen molar-refractivity contribution in [1.29, 1.82) is 0 Å². The van der Waals surface area contributed by atoms with Gasteiger partial charge in [0.05, 0.1) is 6.61 Å². The van der Waals surface area contributed by atoms with Gasteiger partial charge in [0.15, 0.2) is 6.10 Å². The third kappa shape index (κ3) is 5.76. The first-order chi connectivity index (χ1) is 14.6. The average Bonchev–Trinajstić information content (AvgIpc) is 3.17. The summed E-state index contributed by atoms with van der Waals surface area (Å²) in [5.41, 5.74) is 7.13. The minimum atomic E-state index is -0.755. The molecule has 0 fully saturated rings. The minimum absolute atomic E-state index is 0.239. The number of H-pyrrole nitrogens is 1. The Hall–Kier alpha value is -3.48. The Balaban J connectivity index is 1.37. The highest BCUT2D eigenvalue weighted by atomic mass is 16.5. The van der Waals surface area contributed by atoms with Crippen molar-refractivity contribution < 1.29 is 19.1 Å². The summed E-state index contributed by atoms with van der Waals surface area (Å²) in [5.74, 6) is 0.623. The van der Waals surface area contributed by atoms with Crippen molar-refractivity contribution in [3.8, 4) is 11.5 Å². The lowest BCUT2D eigenvalue weighted by Crippen LogP contribution is -2.47. The molecule has 3 aromatic rings. The summed E-state index contributed by atoms with van der Waals surface area (Å²) in [5, 5.41) is 1.17. The highest BCUT2D eigenvalue weighted by molar-refractivity contribution is 5.85. The van der Waals surface area contributed by atoms with E-state index in [2.05, 4.69) is 21.9 Å². The van der Waals surface area contributed by atoms with Crippen molar-refractivity contribution in [3.63, 3.8) is 0 Å². The molecule has 1 heterocycles. The number of fused-ring (bicyclic) bond motifs is 1. The Bertz CT molecular complexity index is 982. The van der Waals surface area contributed by atoms with Gasteiger partial charge in [-0.25, -0.2) is 0 Å². The first-order valence-electron chi connectivity index (χ1n) is 10.1. The van der Waals surface area contributed by atoms with Crippen LogP contribution >= 0.6 is 0 Å². The van der Waals surface area contributed by atoms with Crippen LogP contribution in [0.3, 0.4) is 0 Å². The van der Waals surface area contributed by atoms with Crippen LogP contribution in [0.15, 0.2) is 54.7 Å². The number of carbonyl (C=O) groups is 2. The van der Waals surface area contributed by atoms with Gasteiger partial charge in [0.25, 0.3) is 5.91 Å². The van der Waals surface area contributed by atoms with Crippen LogP contribution in [0.5, 0.6) is 11.5 Å². The van der Waals surface area contributed by atoms with E-state index in [4.69, 9.17) is 9.47 Å². The Labute approximate surface area is 175 Å². The Morgan fingerprint density at radius 2 is 1.77 bits per heavy atom. The second-order valence-corrected chi connectivity index (χ2v) is 6.91. The van der Waals surface area contributed by atoms with E-state index in [1.165, 1.54) is 10.9 Å². The SMILES string of the molecule is CCOc1ccc(OC(C)C(=O)NNC(=O)CCCc2c[nH]c3ccccc23)cc1. The summed E-state index contributed by atoms with van der Waals surface area (Å²) in [4.78, 5) is 27.4. The van der Waals surface area contributed by atoms with Gasteiger partial charge in [-0.2, -0.15) is 0 Å². The number of ether oxygens (including phenoxy) is 2. The molecule has 3 N–H and O–H groups in total. The minimum Gasteiger partial charge on any atom is -0.494 e. The molecule has 2 amide bonds. The van der Waals surface area contributed by atoms with Gasteiger partial charge in [-0.3, -0.25) is 20.4 Å². The molecule has 0 aliphatic heterocycles. The number of aryl methyl sites for hydroxylation is 1. The number of carbonyl (C=O) groups excluding carboxylic acids is 2. The molecule has 0 aliphatic carbocycles. The number of amides is 2. The molecule has 30 heavy (non-hydrogen) atoms. The summed E-state index contributed by atoms with van der Waals surface area (Å²) >= 11 is 0. The Morgan fingerprint density at radius 1 is 1.03 bits per heavy atom. The summed E-state index contributed by atoms with van der Waals surface area (Å²) < 4.78 is 11.0. The predicted molar refractivity (Wildman–Crippen MR) is 115 cm³/mol. The molecule has 0 aliphatic rings. The molecule has 7 heteroatoms. The van der Waals surface area contributed by atoms with E-state index in [0.717, 1.165) is 17.7 Å². The summed E-state index contributed by atoms with van der Waals surface area (Å²) in [7, 11) is 0. The fraction of sp³-hybridized carbons (Fsp3) is 0.304. The lowest BCUT2D eigenvalue weighted by Gasteiger charge is -2.15. The zero-order valence-electron chi connectivity index (χ0n) is 17.2. The molecule has 3 rings (SSSR count). The Kier molecular flexibility index (Phi) is 7.32. The van der Waals surface area contributed by atoms with Gasteiger partial charge in [0.1, 0.15) is 11.5 Å². The van der Waals surface area contributed by atoms with E-state index < -0.39 is 12.0 Å². The Morgan fingerprint density at radius 3 is 2.53 bits per heavy atom. The lowest BCUT2D eigenvalue weighted by atomic mass is 10.1. The summed E-state index contributed by atoms with van der Waals surface area (Å²) in [6, 6.07) is 15.1. The fourth-order valence-electron chi connectivity index (χ4n) is 3.11. The molecule has 7 nitrogen and oxygen atoms in total. The maximum absolute atomic E-state index is 12.1. The molecule has 0 radical (unpaired) electrons. The fourth-order valence-corrected chi connectivity index (χ4v) is 3.11. The number of aromatic nitrogens is 1. The van der Waals surface area contributed by atoms with Gasteiger partial charge >= 0.3 is 0 Å². The number of hydrazine groups is 1.